The molecule has 7 nitrogen and oxygen atoms in total. The Labute approximate surface area is 163 Å². The second kappa shape index (κ2) is 9.05. The van der Waals surface area contributed by atoms with Gasteiger partial charge >= 0.3 is 11.8 Å². The van der Waals surface area contributed by atoms with E-state index in [0.29, 0.717) is 11.6 Å². The minimum Gasteiger partial charge on any atom is -0.468 e. The van der Waals surface area contributed by atoms with E-state index in [1.54, 1.807) is 6.07 Å². The van der Waals surface area contributed by atoms with E-state index in [0.717, 1.165) is 0 Å². The summed E-state index contributed by atoms with van der Waals surface area (Å²) in [5.41, 5.74) is 0. The third-order valence-electron chi connectivity index (χ3n) is 3.70. The van der Waals surface area contributed by atoms with E-state index in [1.165, 1.54) is 36.6 Å². The Morgan fingerprint density at radius 1 is 1.04 bits per heavy atom. The van der Waals surface area contributed by atoms with Crippen molar-refractivity contribution in [3.05, 3.63) is 53.4 Å². The second-order valence-electron chi connectivity index (χ2n) is 6.32. The van der Waals surface area contributed by atoms with Gasteiger partial charge in [0.15, 0.2) is 9.84 Å². The molecule has 1 aromatic carbocycles. The van der Waals surface area contributed by atoms with Crippen LogP contribution in [0.1, 0.15) is 24.9 Å². The molecule has 27 heavy (non-hydrogen) atoms. The third-order valence-corrected chi connectivity index (χ3v) is 6.03. The first-order valence-corrected chi connectivity index (χ1v) is 10.2. The van der Waals surface area contributed by atoms with Crippen LogP contribution in [-0.2, 0) is 19.4 Å². The van der Waals surface area contributed by atoms with Gasteiger partial charge in [0.1, 0.15) is 11.0 Å². The monoisotopic (exact) mass is 412 g/mol. The molecule has 1 atom stereocenters. The van der Waals surface area contributed by atoms with Crippen LogP contribution in [0.5, 0.6) is 0 Å². The van der Waals surface area contributed by atoms with Crippen LogP contribution in [0.4, 0.5) is 0 Å². The lowest BCUT2D eigenvalue weighted by Crippen LogP contribution is -2.43. The number of hydrogen-bond donors (Lipinski definition) is 2. The maximum Gasteiger partial charge on any atom is 0.309 e. The first kappa shape index (κ1) is 21.0. The SMILES string of the molecule is CC(C)CNC(=O)C(=O)NC[C@H](c1ccco1)S(=O)(=O)c1ccc(Cl)cc1. The summed E-state index contributed by atoms with van der Waals surface area (Å²) < 4.78 is 31.2. The van der Waals surface area contributed by atoms with Gasteiger partial charge in [0.25, 0.3) is 0 Å². The highest BCUT2D eigenvalue weighted by Gasteiger charge is 2.32. The summed E-state index contributed by atoms with van der Waals surface area (Å²) in [5, 5.41) is 4.06. The van der Waals surface area contributed by atoms with Crippen molar-refractivity contribution in [2.24, 2.45) is 5.92 Å². The maximum atomic E-state index is 13.0. The molecule has 9 heteroatoms. The lowest BCUT2D eigenvalue weighted by Gasteiger charge is -2.17. The van der Waals surface area contributed by atoms with Crippen LogP contribution in [0.2, 0.25) is 5.02 Å². The van der Waals surface area contributed by atoms with E-state index in [2.05, 4.69) is 10.6 Å². The van der Waals surface area contributed by atoms with Crippen LogP contribution in [-0.4, -0.2) is 33.3 Å². The number of nitrogens with one attached hydrogen (secondary N) is 2. The van der Waals surface area contributed by atoms with Gasteiger partial charge in [-0.05, 0) is 42.3 Å². The molecule has 1 heterocycles. The van der Waals surface area contributed by atoms with E-state index in [4.69, 9.17) is 16.0 Å². The molecule has 2 rings (SSSR count). The lowest BCUT2D eigenvalue weighted by molar-refractivity contribution is -0.139. The van der Waals surface area contributed by atoms with E-state index in [1.807, 2.05) is 13.8 Å². The van der Waals surface area contributed by atoms with Crippen LogP contribution in [0, 0.1) is 5.92 Å². The van der Waals surface area contributed by atoms with Crippen molar-refractivity contribution in [1.29, 1.82) is 0 Å². The van der Waals surface area contributed by atoms with Crippen molar-refractivity contribution < 1.29 is 22.4 Å². The van der Waals surface area contributed by atoms with Crippen molar-refractivity contribution >= 4 is 33.3 Å². The quantitative estimate of drug-likeness (QED) is 0.679. The van der Waals surface area contributed by atoms with Gasteiger partial charge in [-0.2, -0.15) is 0 Å². The topological polar surface area (TPSA) is 105 Å². The third kappa shape index (κ3) is 5.58. The Bertz CT molecular complexity index is 877. The van der Waals surface area contributed by atoms with E-state index in [9.17, 15) is 18.0 Å². The van der Waals surface area contributed by atoms with Crippen molar-refractivity contribution in [3.63, 3.8) is 0 Å². The summed E-state index contributed by atoms with van der Waals surface area (Å²) in [5.74, 6) is -1.37. The number of sulfone groups is 1. The second-order valence-corrected chi connectivity index (χ2v) is 8.88. The number of benzene rings is 1. The zero-order valence-corrected chi connectivity index (χ0v) is 16.5. The molecular weight excluding hydrogens is 392 g/mol. The summed E-state index contributed by atoms with van der Waals surface area (Å²) in [4.78, 5) is 23.8. The van der Waals surface area contributed by atoms with Gasteiger partial charge in [-0.1, -0.05) is 25.4 Å². The van der Waals surface area contributed by atoms with Crippen molar-refractivity contribution in [3.8, 4) is 0 Å². The Kier molecular flexibility index (Phi) is 7.04. The summed E-state index contributed by atoms with van der Waals surface area (Å²) in [6.07, 6.45) is 1.34. The minimum atomic E-state index is -3.89. The normalized spacial score (nSPS) is 12.6. The lowest BCUT2D eigenvalue weighted by atomic mass is 10.2. The van der Waals surface area contributed by atoms with Gasteiger partial charge in [-0.25, -0.2) is 8.42 Å². The average molecular weight is 413 g/mol. The molecule has 0 saturated carbocycles. The van der Waals surface area contributed by atoms with Crippen LogP contribution in [0.25, 0.3) is 0 Å². The highest BCUT2D eigenvalue weighted by molar-refractivity contribution is 7.91. The molecule has 0 bridgehead atoms. The van der Waals surface area contributed by atoms with Crippen molar-refractivity contribution in [2.45, 2.75) is 24.0 Å². The molecule has 0 spiro atoms. The van der Waals surface area contributed by atoms with Gasteiger partial charge < -0.3 is 15.1 Å². The number of hydrogen-bond acceptors (Lipinski definition) is 5. The molecular formula is C18H21ClN2O5S. The Hall–Kier alpha value is -2.32. The summed E-state index contributed by atoms with van der Waals surface area (Å²) >= 11 is 5.82. The number of halogens is 1. The first-order chi connectivity index (χ1) is 12.7. The van der Waals surface area contributed by atoms with Gasteiger partial charge in [0.05, 0.1) is 11.2 Å². The highest BCUT2D eigenvalue weighted by atomic mass is 35.5. The van der Waals surface area contributed by atoms with Crippen molar-refractivity contribution in [2.75, 3.05) is 13.1 Å². The maximum absolute atomic E-state index is 13.0. The van der Waals surface area contributed by atoms with Gasteiger partial charge in [0, 0.05) is 18.1 Å². The molecule has 1 aromatic heterocycles. The molecule has 0 radical (unpaired) electrons. The number of carbonyl (C=O) groups is 2. The summed E-state index contributed by atoms with van der Waals surface area (Å²) in [6.45, 7) is 3.82. The smallest absolute Gasteiger partial charge is 0.309 e. The van der Waals surface area contributed by atoms with Gasteiger partial charge in [0.2, 0.25) is 0 Å². The standard InChI is InChI=1S/C18H21ClN2O5S/c1-12(2)10-20-17(22)18(23)21-11-16(15-4-3-9-26-15)27(24,25)14-7-5-13(19)6-8-14/h3-9,12,16H,10-11H2,1-2H3,(H,20,22)(H,21,23)/t16-/m1/s1. The van der Waals surface area contributed by atoms with Crippen molar-refractivity contribution in [1.82, 2.24) is 10.6 Å². The molecule has 2 aromatic rings. The number of furan rings is 1. The molecule has 0 fully saturated rings. The number of amides is 2. The van der Waals surface area contributed by atoms with Crippen LogP contribution in [0.3, 0.4) is 0 Å². The summed E-state index contributed by atoms with van der Waals surface area (Å²) in [6, 6.07) is 8.74. The highest BCUT2D eigenvalue weighted by Crippen LogP contribution is 2.29. The van der Waals surface area contributed by atoms with Crippen LogP contribution >= 0.6 is 11.6 Å². The zero-order chi connectivity index (χ0) is 20.0. The fourth-order valence-electron chi connectivity index (χ4n) is 2.27. The van der Waals surface area contributed by atoms with E-state index < -0.39 is 26.9 Å². The molecule has 2 amide bonds. The van der Waals surface area contributed by atoms with E-state index in [-0.39, 0.29) is 23.1 Å². The number of rotatable bonds is 7. The molecule has 2 N–H and O–H groups in total. The summed E-state index contributed by atoms with van der Waals surface area (Å²) in [7, 11) is -3.89. The molecule has 0 aliphatic carbocycles. The molecule has 0 aliphatic rings. The molecule has 0 unspecified atom stereocenters. The molecule has 0 aliphatic heterocycles. The van der Waals surface area contributed by atoms with Gasteiger partial charge in [-0.3, -0.25) is 9.59 Å². The van der Waals surface area contributed by atoms with E-state index >= 15 is 0 Å². The predicted octanol–water partition coefficient (Wildman–Crippen LogP) is 2.34. The molecule has 146 valence electrons. The van der Waals surface area contributed by atoms with Crippen LogP contribution in [0.15, 0.2) is 52.0 Å². The first-order valence-electron chi connectivity index (χ1n) is 8.30. The average Bonchev–Trinajstić information content (AvgIpc) is 3.14. The Morgan fingerprint density at radius 3 is 2.15 bits per heavy atom. The largest absolute Gasteiger partial charge is 0.468 e. The predicted molar refractivity (Wildman–Crippen MR) is 101 cm³/mol. The van der Waals surface area contributed by atoms with Gasteiger partial charge in [-0.15, -0.1) is 0 Å². The fourth-order valence-corrected chi connectivity index (χ4v) is 3.98. The number of carbonyl (C=O) groups excluding carboxylic acids is 2. The fraction of sp³-hybridized carbons (Fsp3) is 0.333. The minimum absolute atomic E-state index is 0.0341. The molecule has 0 saturated heterocycles. The Balaban J connectivity index is 2.17. The zero-order valence-electron chi connectivity index (χ0n) is 14.9. The Morgan fingerprint density at radius 2 is 1.63 bits per heavy atom. The van der Waals surface area contributed by atoms with Crippen LogP contribution < -0.4 is 10.6 Å².